The number of aromatic nitrogens is 3. The maximum Gasteiger partial charge on any atom is 0.273 e. The van der Waals surface area contributed by atoms with Gasteiger partial charge in [0.25, 0.3) is 5.91 Å². The summed E-state index contributed by atoms with van der Waals surface area (Å²) in [5.41, 5.74) is 5.65. The Kier molecular flexibility index (Phi) is 6.41. The molecule has 2 heterocycles. The summed E-state index contributed by atoms with van der Waals surface area (Å²) < 4.78 is 12.5. The topological polar surface area (TPSA) is 81.5 Å². The number of carbonyl (C=O) groups is 1. The third-order valence-electron chi connectivity index (χ3n) is 5.90. The van der Waals surface area contributed by atoms with Gasteiger partial charge in [0.1, 0.15) is 0 Å². The highest BCUT2D eigenvalue weighted by molar-refractivity contribution is 5.93. The highest BCUT2D eigenvalue weighted by atomic mass is 16.5. The summed E-state index contributed by atoms with van der Waals surface area (Å²) in [4.78, 5) is 15.0. The van der Waals surface area contributed by atoms with Crippen LogP contribution in [0.1, 0.15) is 32.9 Å². The summed E-state index contributed by atoms with van der Waals surface area (Å²) >= 11 is 0. The maximum atomic E-state index is 12.7. The highest BCUT2D eigenvalue weighted by Gasteiger charge is 2.21. The van der Waals surface area contributed by atoms with E-state index in [1.807, 2.05) is 44.2 Å². The molecule has 0 radical (unpaired) electrons. The van der Waals surface area contributed by atoms with Gasteiger partial charge in [0.05, 0.1) is 25.6 Å². The molecular formula is C24H29N5O3. The molecule has 0 saturated heterocycles. The molecule has 0 saturated carbocycles. The molecule has 2 aromatic carbocycles. The fraction of sp³-hybridized carbons (Fsp3) is 0.375. The summed E-state index contributed by atoms with van der Waals surface area (Å²) in [6.45, 7) is 6.93. The van der Waals surface area contributed by atoms with Crippen LogP contribution in [0, 0.1) is 13.8 Å². The van der Waals surface area contributed by atoms with E-state index in [4.69, 9.17) is 9.47 Å². The first-order valence-electron chi connectivity index (χ1n) is 10.7. The van der Waals surface area contributed by atoms with Crippen molar-refractivity contribution >= 4 is 5.91 Å². The lowest BCUT2D eigenvalue weighted by Gasteiger charge is -2.29. The molecule has 1 aromatic heterocycles. The van der Waals surface area contributed by atoms with Crippen LogP contribution in [0.25, 0.3) is 5.69 Å². The van der Waals surface area contributed by atoms with Crippen molar-refractivity contribution in [1.29, 1.82) is 0 Å². The SMILES string of the molecule is COc1cc2c(cc1OC)CN(CCNC(=O)c1nnn(-c3ccc(C)cc3)c1C)CC2. The van der Waals surface area contributed by atoms with E-state index in [-0.39, 0.29) is 5.91 Å². The quantitative estimate of drug-likeness (QED) is 0.615. The molecule has 0 bridgehead atoms. The van der Waals surface area contributed by atoms with E-state index in [0.29, 0.717) is 12.2 Å². The summed E-state index contributed by atoms with van der Waals surface area (Å²) in [5, 5.41) is 11.3. The van der Waals surface area contributed by atoms with Crippen molar-refractivity contribution in [2.45, 2.75) is 26.8 Å². The Bertz CT molecular complexity index is 1110. The van der Waals surface area contributed by atoms with Gasteiger partial charge < -0.3 is 14.8 Å². The molecule has 8 heteroatoms. The number of amides is 1. The standard InChI is InChI=1S/C24H29N5O3/c1-16-5-7-20(8-6-16)29-17(2)23(26-27-29)24(30)25-10-12-28-11-9-18-13-21(31-3)22(32-4)14-19(18)15-28/h5-8,13-14H,9-12,15H2,1-4H3,(H,25,30). The molecule has 0 spiro atoms. The third-order valence-corrected chi connectivity index (χ3v) is 5.90. The molecule has 32 heavy (non-hydrogen) atoms. The van der Waals surface area contributed by atoms with Gasteiger partial charge in [-0.05, 0) is 55.7 Å². The molecule has 1 amide bonds. The van der Waals surface area contributed by atoms with E-state index in [1.54, 1.807) is 18.9 Å². The minimum absolute atomic E-state index is 0.204. The van der Waals surface area contributed by atoms with Crippen LogP contribution in [0.5, 0.6) is 11.5 Å². The average Bonchev–Trinajstić information content (AvgIpc) is 3.19. The largest absolute Gasteiger partial charge is 0.493 e. The maximum absolute atomic E-state index is 12.7. The predicted molar refractivity (Wildman–Crippen MR) is 122 cm³/mol. The number of rotatable bonds is 7. The number of aryl methyl sites for hydroxylation is 1. The summed E-state index contributed by atoms with van der Waals surface area (Å²) in [6, 6.07) is 12.1. The molecule has 1 aliphatic heterocycles. The van der Waals surface area contributed by atoms with Crippen LogP contribution in [0.4, 0.5) is 0 Å². The van der Waals surface area contributed by atoms with Gasteiger partial charge in [0, 0.05) is 26.2 Å². The van der Waals surface area contributed by atoms with Crippen LogP contribution in [0.3, 0.4) is 0 Å². The average molecular weight is 436 g/mol. The van der Waals surface area contributed by atoms with Crippen molar-refractivity contribution in [3.8, 4) is 17.2 Å². The number of fused-ring (bicyclic) bond motifs is 1. The first-order chi connectivity index (χ1) is 15.5. The van der Waals surface area contributed by atoms with Gasteiger partial charge in [-0.1, -0.05) is 22.9 Å². The lowest BCUT2D eigenvalue weighted by molar-refractivity contribution is 0.0941. The summed E-state index contributed by atoms with van der Waals surface area (Å²) in [5.74, 6) is 1.30. The molecule has 8 nitrogen and oxygen atoms in total. The van der Waals surface area contributed by atoms with Gasteiger partial charge in [-0.3, -0.25) is 9.69 Å². The van der Waals surface area contributed by atoms with Crippen LogP contribution in [0.15, 0.2) is 36.4 Å². The highest BCUT2D eigenvalue weighted by Crippen LogP contribution is 2.33. The van der Waals surface area contributed by atoms with Crippen molar-refractivity contribution in [3.63, 3.8) is 0 Å². The Morgan fingerprint density at radius 2 is 1.75 bits per heavy atom. The number of nitrogens with one attached hydrogen (secondary N) is 1. The fourth-order valence-electron chi connectivity index (χ4n) is 4.01. The molecule has 1 aliphatic rings. The van der Waals surface area contributed by atoms with Crippen molar-refractivity contribution in [2.24, 2.45) is 0 Å². The minimum Gasteiger partial charge on any atom is -0.493 e. The van der Waals surface area contributed by atoms with Crippen LogP contribution >= 0.6 is 0 Å². The van der Waals surface area contributed by atoms with Crippen molar-refractivity contribution in [1.82, 2.24) is 25.2 Å². The second kappa shape index (κ2) is 9.40. The molecule has 168 valence electrons. The van der Waals surface area contributed by atoms with Crippen molar-refractivity contribution in [3.05, 3.63) is 64.5 Å². The van der Waals surface area contributed by atoms with Gasteiger partial charge in [0.2, 0.25) is 0 Å². The molecule has 4 rings (SSSR count). The van der Waals surface area contributed by atoms with E-state index < -0.39 is 0 Å². The monoisotopic (exact) mass is 435 g/mol. The van der Waals surface area contributed by atoms with Gasteiger partial charge >= 0.3 is 0 Å². The van der Waals surface area contributed by atoms with E-state index in [9.17, 15) is 4.79 Å². The molecule has 1 N–H and O–H groups in total. The molecule has 3 aromatic rings. The van der Waals surface area contributed by atoms with Crippen LogP contribution in [-0.2, 0) is 13.0 Å². The molecule has 0 atom stereocenters. The normalized spacial score (nSPS) is 13.5. The van der Waals surface area contributed by atoms with E-state index in [1.165, 1.54) is 16.7 Å². The first kappa shape index (κ1) is 21.8. The van der Waals surface area contributed by atoms with Crippen LogP contribution in [0.2, 0.25) is 0 Å². The molecule has 0 unspecified atom stereocenters. The zero-order valence-corrected chi connectivity index (χ0v) is 19.0. The Labute approximate surface area is 188 Å². The minimum atomic E-state index is -0.204. The van der Waals surface area contributed by atoms with Gasteiger partial charge in [-0.15, -0.1) is 5.10 Å². The fourth-order valence-corrected chi connectivity index (χ4v) is 4.01. The third kappa shape index (κ3) is 4.45. The number of ether oxygens (including phenoxy) is 2. The van der Waals surface area contributed by atoms with Crippen molar-refractivity contribution < 1.29 is 14.3 Å². The first-order valence-corrected chi connectivity index (χ1v) is 10.7. The lowest BCUT2D eigenvalue weighted by Crippen LogP contribution is -2.38. The number of nitrogens with zero attached hydrogens (tertiary/aromatic N) is 4. The summed E-state index contributed by atoms with van der Waals surface area (Å²) in [6.07, 6.45) is 0.938. The summed E-state index contributed by atoms with van der Waals surface area (Å²) in [7, 11) is 3.31. The van der Waals surface area contributed by atoms with Gasteiger partial charge in [-0.25, -0.2) is 4.68 Å². The lowest BCUT2D eigenvalue weighted by atomic mass is 9.99. The smallest absolute Gasteiger partial charge is 0.273 e. The van der Waals surface area contributed by atoms with E-state index in [2.05, 4.69) is 26.6 Å². The zero-order valence-electron chi connectivity index (χ0n) is 19.0. The van der Waals surface area contributed by atoms with Gasteiger partial charge in [-0.2, -0.15) is 0 Å². The predicted octanol–water partition coefficient (Wildman–Crippen LogP) is 2.69. The Morgan fingerprint density at radius 3 is 2.44 bits per heavy atom. The Hall–Kier alpha value is -3.39. The van der Waals surface area contributed by atoms with E-state index in [0.717, 1.165) is 48.9 Å². The number of hydrogen-bond acceptors (Lipinski definition) is 6. The number of benzene rings is 2. The molecule has 0 aliphatic carbocycles. The Morgan fingerprint density at radius 1 is 1.06 bits per heavy atom. The van der Waals surface area contributed by atoms with Gasteiger partial charge in [0.15, 0.2) is 17.2 Å². The van der Waals surface area contributed by atoms with E-state index >= 15 is 0 Å². The van der Waals surface area contributed by atoms with Crippen LogP contribution < -0.4 is 14.8 Å². The second-order valence-corrected chi connectivity index (χ2v) is 8.03. The zero-order chi connectivity index (χ0) is 22.7. The number of methoxy groups -OCH3 is 2. The Balaban J connectivity index is 1.34. The van der Waals surface area contributed by atoms with Crippen molar-refractivity contribution in [2.75, 3.05) is 33.9 Å². The molecular weight excluding hydrogens is 406 g/mol. The second-order valence-electron chi connectivity index (χ2n) is 8.03. The molecule has 0 fully saturated rings. The van der Waals surface area contributed by atoms with Crippen LogP contribution in [-0.4, -0.2) is 59.7 Å². The number of hydrogen-bond donors (Lipinski definition) is 1. The number of carbonyl (C=O) groups excluding carboxylic acids is 1.